The summed E-state index contributed by atoms with van der Waals surface area (Å²) in [6, 6.07) is 16.1. The van der Waals surface area contributed by atoms with Crippen LogP contribution in [-0.2, 0) is 24.2 Å². The van der Waals surface area contributed by atoms with Crippen molar-refractivity contribution in [3.05, 3.63) is 76.5 Å². The van der Waals surface area contributed by atoms with Gasteiger partial charge in [0.25, 0.3) is 0 Å². The molecule has 0 aliphatic carbocycles. The number of aromatic nitrogens is 2. The molecule has 0 fully saturated rings. The highest BCUT2D eigenvalue weighted by Gasteiger charge is 2.11. The van der Waals surface area contributed by atoms with Crippen LogP contribution >= 0.6 is 15.9 Å². The van der Waals surface area contributed by atoms with Crippen LogP contribution in [0.15, 0.2) is 59.6 Å². The number of carbonyl (C=O) groups is 1. The standard InChI is InChI=1S/C22H24BrN3O/c1-16-8-3-4-9-18(16)14-22(27)24-13-7-12-21-25-19-10-5-6-11-20(19)26(21)15-17(2)23/h3-6,8-11H,2,7,12-15H2,1H3,(H,24,27). The van der Waals surface area contributed by atoms with Gasteiger partial charge in [-0.05, 0) is 36.6 Å². The lowest BCUT2D eigenvalue weighted by Gasteiger charge is -2.09. The van der Waals surface area contributed by atoms with Gasteiger partial charge in [-0.15, -0.1) is 0 Å². The third-order valence-corrected chi connectivity index (χ3v) is 4.83. The van der Waals surface area contributed by atoms with E-state index in [2.05, 4.69) is 38.5 Å². The number of aryl methyl sites for hydroxylation is 2. The number of hydrogen-bond donors (Lipinski definition) is 1. The first-order chi connectivity index (χ1) is 13.0. The molecule has 0 spiro atoms. The molecule has 0 saturated heterocycles. The number of nitrogens with zero attached hydrogens (tertiary/aromatic N) is 2. The first kappa shape index (κ1) is 19.4. The average molecular weight is 426 g/mol. The largest absolute Gasteiger partial charge is 0.356 e. The van der Waals surface area contributed by atoms with Crippen molar-refractivity contribution in [1.82, 2.24) is 14.9 Å². The van der Waals surface area contributed by atoms with E-state index in [1.165, 1.54) is 0 Å². The van der Waals surface area contributed by atoms with E-state index >= 15 is 0 Å². The van der Waals surface area contributed by atoms with Crippen LogP contribution in [0.2, 0.25) is 0 Å². The van der Waals surface area contributed by atoms with Crippen molar-refractivity contribution in [2.24, 2.45) is 0 Å². The Morgan fingerprint density at radius 3 is 2.70 bits per heavy atom. The SMILES string of the molecule is C=C(Br)Cn1c(CCCNC(=O)Cc2ccccc2C)nc2ccccc21. The first-order valence-electron chi connectivity index (χ1n) is 9.13. The van der Waals surface area contributed by atoms with E-state index in [-0.39, 0.29) is 5.91 Å². The molecule has 3 rings (SSSR count). The Bertz CT molecular complexity index is 961. The lowest BCUT2D eigenvalue weighted by molar-refractivity contribution is -0.120. The van der Waals surface area contributed by atoms with Crippen LogP contribution in [0.25, 0.3) is 11.0 Å². The molecule has 140 valence electrons. The molecule has 1 amide bonds. The Morgan fingerprint density at radius 1 is 1.19 bits per heavy atom. The summed E-state index contributed by atoms with van der Waals surface area (Å²) >= 11 is 3.45. The molecule has 2 aromatic carbocycles. The Balaban J connectivity index is 1.56. The zero-order valence-corrected chi connectivity index (χ0v) is 17.1. The van der Waals surface area contributed by atoms with Crippen LogP contribution in [0, 0.1) is 6.92 Å². The number of allylic oxidation sites excluding steroid dienone is 1. The summed E-state index contributed by atoms with van der Waals surface area (Å²) < 4.78 is 3.10. The fourth-order valence-electron chi connectivity index (χ4n) is 3.18. The highest BCUT2D eigenvalue weighted by atomic mass is 79.9. The zero-order chi connectivity index (χ0) is 19.2. The van der Waals surface area contributed by atoms with Crippen LogP contribution in [0.3, 0.4) is 0 Å². The Labute approximate surface area is 168 Å². The van der Waals surface area contributed by atoms with Gasteiger partial charge in [0.1, 0.15) is 5.82 Å². The number of fused-ring (bicyclic) bond motifs is 1. The highest BCUT2D eigenvalue weighted by molar-refractivity contribution is 9.11. The number of amides is 1. The van der Waals surface area contributed by atoms with Crippen molar-refractivity contribution in [3.8, 4) is 0 Å². The maximum absolute atomic E-state index is 12.2. The molecular formula is C22H24BrN3O. The first-order valence-corrected chi connectivity index (χ1v) is 9.92. The van der Waals surface area contributed by atoms with Crippen LogP contribution in [0.4, 0.5) is 0 Å². The Hall–Kier alpha value is -2.40. The van der Waals surface area contributed by atoms with Crippen LogP contribution < -0.4 is 5.32 Å². The summed E-state index contributed by atoms with van der Waals surface area (Å²) in [5, 5.41) is 3.02. The maximum Gasteiger partial charge on any atom is 0.224 e. The third kappa shape index (κ3) is 5.07. The van der Waals surface area contributed by atoms with Gasteiger partial charge in [0.15, 0.2) is 0 Å². The summed E-state index contributed by atoms with van der Waals surface area (Å²) in [5.41, 5.74) is 4.32. The molecular weight excluding hydrogens is 402 g/mol. The molecule has 0 saturated carbocycles. The number of nitrogens with one attached hydrogen (secondary N) is 1. The number of rotatable bonds is 8. The summed E-state index contributed by atoms with van der Waals surface area (Å²) in [7, 11) is 0. The second-order valence-electron chi connectivity index (χ2n) is 6.68. The van der Waals surface area contributed by atoms with E-state index in [0.717, 1.165) is 45.3 Å². The molecule has 1 N–H and O–H groups in total. The summed E-state index contributed by atoms with van der Waals surface area (Å²) in [4.78, 5) is 16.9. The fourth-order valence-corrected chi connectivity index (χ4v) is 3.43. The highest BCUT2D eigenvalue weighted by Crippen LogP contribution is 2.19. The van der Waals surface area contributed by atoms with Gasteiger partial charge in [-0.25, -0.2) is 4.98 Å². The lowest BCUT2D eigenvalue weighted by atomic mass is 10.1. The van der Waals surface area contributed by atoms with E-state index in [4.69, 9.17) is 4.98 Å². The topological polar surface area (TPSA) is 46.9 Å². The fraction of sp³-hybridized carbons (Fsp3) is 0.273. The van der Waals surface area contributed by atoms with Crippen molar-refractivity contribution in [2.75, 3.05) is 6.54 Å². The summed E-state index contributed by atoms with van der Waals surface area (Å²) in [6.07, 6.45) is 2.08. The number of hydrogen-bond acceptors (Lipinski definition) is 2. The summed E-state index contributed by atoms with van der Waals surface area (Å²) in [6.45, 7) is 7.32. The predicted octanol–water partition coefficient (Wildman–Crippen LogP) is 4.54. The monoisotopic (exact) mass is 425 g/mol. The van der Waals surface area contributed by atoms with Gasteiger partial charge in [-0.3, -0.25) is 4.79 Å². The molecule has 0 aliphatic heterocycles. The minimum atomic E-state index is 0.0617. The van der Waals surface area contributed by atoms with Crippen molar-refractivity contribution in [2.45, 2.75) is 32.7 Å². The van der Waals surface area contributed by atoms with E-state index in [1.54, 1.807) is 0 Å². The molecule has 0 aliphatic rings. The Kier molecular flexibility index (Phi) is 6.45. The van der Waals surface area contributed by atoms with Crippen molar-refractivity contribution in [3.63, 3.8) is 0 Å². The van der Waals surface area contributed by atoms with Crippen molar-refractivity contribution < 1.29 is 4.79 Å². The third-order valence-electron chi connectivity index (χ3n) is 4.57. The zero-order valence-electron chi connectivity index (χ0n) is 15.5. The number of benzene rings is 2. The average Bonchev–Trinajstić information content (AvgIpc) is 2.98. The quantitative estimate of drug-likeness (QED) is 0.538. The van der Waals surface area contributed by atoms with Crippen LogP contribution in [0.5, 0.6) is 0 Å². The van der Waals surface area contributed by atoms with Gasteiger partial charge in [0.05, 0.1) is 24.0 Å². The molecule has 3 aromatic rings. The number of para-hydroxylation sites is 2. The minimum Gasteiger partial charge on any atom is -0.356 e. The van der Waals surface area contributed by atoms with E-state index in [9.17, 15) is 4.79 Å². The van der Waals surface area contributed by atoms with Gasteiger partial charge in [0.2, 0.25) is 5.91 Å². The van der Waals surface area contributed by atoms with Crippen molar-refractivity contribution >= 4 is 32.9 Å². The molecule has 27 heavy (non-hydrogen) atoms. The van der Waals surface area contributed by atoms with Crippen LogP contribution in [0.1, 0.15) is 23.4 Å². The number of carbonyl (C=O) groups excluding carboxylic acids is 1. The molecule has 0 bridgehead atoms. The smallest absolute Gasteiger partial charge is 0.224 e. The van der Waals surface area contributed by atoms with E-state index < -0.39 is 0 Å². The van der Waals surface area contributed by atoms with Gasteiger partial charge < -0.3 is 9.88 Å². The normalized spacial score (nSPS) is 10.9. The molecule has 1 heterocycles. The van der Waals surface area contributed by atoms with Gasteiger partial charge in [-0.2, -0.15) is 0 Å². The second-order valence-corrected chi connectivity index (χ2v) is 7.80. The summed E-state index contributed by atoms with van der Waals surface area (Å²) in [5.74, 6) is 1.08. The Morgan fingerprint density at radius 2 is 1.93 bits per heavy atom. The van der Waals surface area contributed by atoms with E-state index in [1.807, 2.05) is 49.4 Å². The number of halogens is 1. The lowest BCUT2D eigenvalue weighted by Crippen LogP contribution is -2.26. The van der Waals surface area contributed by atoms with Crippen LogP contribution in [-0.4, -0.2) is 22.0 Å². The molecule has 1 aromatic heterocycles. The second kappa shape index (κ2) is 9.00. The van der Waals surface area contributed by atoms with Crippen molar-refractivity contribution in [1.29, 1.82) is 0 Å². The molecule has 4 nitrogen and oxygen atoms in total. The minimum absolute atomic E-state index is 0.0617. The maximum atomic E-state index is 12.2. The van der Waals surface area contributed by atoms with E-state index in [0.29, 0.717) is 19.5 Å². The van der Waals surface area contributed by atoms with Gasteiger partial charge in [0, 0.05) is 17.4 Å². The molecule has 0 unspecified atom stereocenters. The van der Waals surface area contributed by atoms with Gasteiger partial charge >= 0.3 is 0 Å². The molecule has 0 radical (unpaired) electrons. The molecule has 0 atom stereocenters. The predicted molar refractivity (Wildman–Crippen MR) is 114 cm³/mol. The molecule has 5 heteroatoms. The van der Waals surface area contributed by atoms with Gasteiger partial charge in [-0.1, -0.05) is 58.9 Å². The number of imidazole rings is 1.